The molecule has 2 rings (SSSR count). The minimum absolute atomic E-state index is 0.0270. The van der Waals surface area contributed by atoms with Crippen molar-refractivity contribution in [2.45, 2.75) is 37.6 Å². The van der Waals surface area contributed by atoms with E-state index >= 15 is 0 Å². The van der Waals surface area contributed by atoms with Gasteiger partial charge in [-0.3, -0.25) is 0 Å². The van der Waals surface area contributed by atoms with Gasteiger partial charge in [0.15, 0.2) is 0 Å². The zero-order valence-electron chi connectivity index (χ0n) is 11.6. The lowest BCUT2D eigenvalue weighted by atomic mass is 10.1. The number of rotatable bonds is 4. The molecule has 1 fully saturated rings. The lowest BCUT2D eigenvalue weighted by Gasteiger charge is -2.32. The maximum atomic E-state index is 12.3. The van der Waals surface area contributed by atoms with Gasteiger partial charge in [0.25, 0.3) is 0 Å². The molecule has 1 aliphatic heterocycles. The van der Waals surface area contributed by atoms with Gasteiger partial charge in [0.1, 0.15) is 0 Å². The molecule has 19 heavy (non-hydrogen) atoms. The summed E-state index contributed by atoms with van der Waals surface area (Å²) in [5.74, 6) is 0. The Labute approximate surface area is 115 Å². The molecule has 1 aromatic rings. The number of hydrogen-bond donors (Lipinski definition) is 1. The third-order valence-corrected chi connectivity index (χ3v) is 5.09. The van der Waals surface area contributed by atoms with Crippen molar-refractivity contribution in [3.63, 3.8) is 0 Å². The molecule has 1 saturated heterocycles. The van der Waals surface area contributed by atoms with Gasteiger partial charge in [-0.25, -0.2) is 13.1 Å². The Hall–Kier alpha value is -0.910. The normalized spacial score (nSPS) is 21.5. The van der Waals surface area contributed by atoms with Crippen LogP contribution in [0.15, 0.2) is 29.2 Å². The summed E-state index contributed by atoms with van der Waals surface area (Å²) in [6, 6.07) is 7.07. The van der Waals surface area contributed by atoms with Crippen molar-refractivity contribution in [1.82, 2.24) is 9.62 Å². The predicted octanol–water partition coefficient (Wildman–Crippen LogP) is 1.76. The highest BCUT2D eigenvalue weighted by Gasteiger charge is 2.24. The monoisotopic (exact) mass is 282 g/mol. The average Bonchev–Trinajstić information content (AvgIpc) is 2.38. The first-order valence-corrected chi connectivity index (χ1v) is 8.31. The third-order valence-electron chi connectivity index (χ3n) is 3.57. The third kappa shape index (κ3) is 3.78. The summed E-state index contributed by atoms with van der Waals surface area (Å²) in [6.07, 6.45) is 1.97. The van der Waals surface area contributed by atoms with E-state index in [0.29, 0.717) is 4.90 Å². The van der Waals surface area contributed by atoms with Gasteiger partial charge in [-0.2, -0.15) is 0 Å². The Bertz CT molecular complexity index is 528. The van der Waals surface area contributed by atoms with E-state index < -0.39 is 10.0 Å². The van der Waals surface area contributed by atoms with Crippen LogP contribution in [0.25, 0.3) is 0 Å². The van der Waals surface area contributed by atoms with E-state index in [9.17, 15) is 8.42 Å². The summed E-state index contributed by atoms with van der Waals surface area (Å²) in [5, 5.41) is 0. The average molecular weight is 282 g/mol. The molecule has 1 aromatic carbocycles. The first-order valence-electron chi connectivity index (χ1n) is 6.82. The standard InChI is InChI=1S/C14H22N2O2S/c1-3-16-9-5-7-13(11-16)15-19(17,18)14-8-4-6-12(2)10-14/h4,6,8,10,13,15H,3,5,7,9,11H2,1-2H3. The van der Waals surface area contributed by atoms with Crippen LogP contribution in [0, 0.1) is 6.92 Å². The molecule has 1 unspecified atom stereocenters. The smallest absolute Gasteiger partial charge is 0.240 e. The van der Waals surface area contributed by atoms with Crippen molar-refractivity contribution in [1.29, 1.82) is 0 Å². The van der Waals surface area contributed by atoms with Crippen LogP contribution in [-0.2, 0) is 10.0 Å². The zero-order chi connectivity index (χ0) is 13.9. The summed E-state index contributed by atoms with van der Waals surface area (Å²) in [7, 11) is -3.39. The number of hydrogen-bond acceptors (Lipinski definition) is 3. The van der Waals surface area contributed by atoms with Gasteiger partial charge >= 0.3 is 0 Å². The molecule has 5 heteroatoms. The lowest BCUT2D eigenvalue weighted by molar-refractivity contribution is 0.211. The fourth-order valence-corrected chi connectivity index (χ4v) is 3.87. The molecule has 0 radical (unpaired) electrons. The van der Waals surface area contributed by atoms with Gasteiger partial charge in [-0.05, 0) is 50.6 Å². The summed E-state index contributed by atoms with van der Waals surface area (Å²) in [5.41, 5.74) is 0.960. The van der Waals surface area contributed by atoms with Crippen molar-refractivity contribution in [2.24, 2.45) is 0 Å². The van der Waals surface area contributed by atoms with Crippen molar-refractivity contribution in [2.75, 3.05) is 19.6 Å². The fraction of sp³-hybridized carbons (Fsp3) is 0.571. The summed E-state index contributed by atoms with van der Waals surface area (Å²) < 4.78 is 27.5. The van der Waals surface area contributed by atoms with Crippen LogP contribution in [0.4, 0.5) is 0 Å². The maximum Gasteiger partial charge on any atom is 0.240 e. The molecule has 0 bridgehead atoms. The molecule has 1 atom stereocenters. The second-order valence-corrected chi connectivity index (χ2v) is 6.88. The summed E-state index contributed by atoms with van der Waals surface area (Å²) in [4.78, 5) is 2.65. The van der Waals surface area contributed by atoms with Crippen LogP contribution < -0.4 is 4.72 Å². The Morgan fingerprint density at radius 1 is 1.42 bits per heavy atom. The Kier molecular flexibility index (Phi) is 4.60. The van der Waals surface area contributed by atoms with E-state index in [1.165, 1.54) is 0 Å². The number of aryl methyl sites for hydroxylation is 1. The molecule has 0 aromatic heterocycles. The minimum Gasteiger partial charge on any atom is -0.302 e. The summed E-state index contributed by atoms with van der Waals surface area (Å²) >= 11 is 0. The SMILES string of the molecule is CCN1CCCC(NS(=O)(=O)c2cccc(C)c2)C1. The van der Waals surface area contributed by atoms with Crippen molar-refractivity contribution in [3.05, 3.63) is 29.8 Å². The highest BCUT2D eigenvalue weighted by Crippen LogP contribution is 2.15. The van der Waals surface area contributed by atoms with Crippen LogP contribution in [0.1, 0.15) is 25.3 Å². The van der Waals surface area contributed by atoms with Gasteiger partial charge < -0.3 is 4.90 Å². The highest BCUT2D eigenvalue weighted by molar-refractivity contribution is 7.89. The molecule has 1 heterocycles. The summed E-state index contributed by atoms with van der Waals surface area (Å²) in [6.45, 7) is 6.86. The Morgan fingerprint density at radius 3 is 2.89 bits per heavy atom. The first kappa shape index (κ1) is 14.5. The highest BCUT2D eigenvalue weighted by atomic mass is 32.2. The van der Waals surface area contributed by atoms with Crippen molar-refractivity contribution in [3.8, 4) is 0 Å². The van der Waals surface area contributed by atoms with Gasteiger partial charge in [0, 0.05) is 12.6 Å². The minimum atomic E-state index is -3.39. The number of nitrogens with zero attached hydrogens (tertiary/aromatic N) is 1. The number of piperidine rings is 1. The van der Waals surface area contributed by atoms with E-state index in [1.54, 1.807) is 18.2 Å². The van der Waals surface area contributed by atoms with E-state index in [1.807, 2.05) is 13.0 Å². The molecule has 0 spiro atoms. The Morgan fingerprint density at radius 2 is 2.21 bits per heavy atom. The van der Waals surface area contributed by atoms with E-state index in [-0.39, 0.29) is 6.04 Å². The molecule has 1 N–H and O–H groups in total. The van der Waals surface area contributed by atoms with E-state index in [4.69, 9.17) is 0 Å². The maximum absolute atomic E-state index is 12.3. The van der Waals surface area contributed by atoms with E-state index in [2.05, 4.69) is 16.5 Å². The first-order chi connectivity index (χ1) is 9.01. The zero-order valence-corrected chi connectivity index (χ0v) is 12.4. The van der Waals surface area contributed by atoms with Crippen LogP contribution in [-0.4, -0.2) is 39.0 Å². The number of likely N-dealkylation sites (tertiary alicyclic amines) is 1. The van der Waals surface area contributed by atoms with Crippen LogP contribution in [0.3, 0.4) is 0 Å². The molecular weight excluding hydrogens is 260 g/mol. The van der Waals surface area contributed by atoms with Crippen LogP contribution >= 0.6 is 0 Å². The molecular formula is C14H22N2O2S. The van der Waals surface area contributed by atoms with Crippen molar-refractivity contribution >= 4 is 10.0 Å². The van der Waals surface area contributed by atoms with Gasteiger partial charge in [-0.15, -0.1) is 0 Å². The van der Waals surface area contributed by atoms with Crippen molar-refractivity contribution < 1.29 is 8.42 Å². The number of nitrogens with one attached hydrogen (secondary N) is 1. The molecule has 4 nitrogen and oxygen atoms in total. The lowest BCUT2D eigenvalue weighted by Crippen LogP contribution is -2.47. The van der Waals surface area contributed by atoms with Crippen LogP contribution in [0.2, 0.25) is 0 Å². The molecule has 0 amide bonds. The number of likely N-dealkylation sites (N-methyl/N-ethyl adjacent to an activating group) is 1. The molecule has 1 aliphatic rings. The predicted molar refractivity (Wildman–Crippen MR) is 76.6 cm³/mol. The molecule has 0 saturated carbocycles. The van der Waals surface area contributed by atoms with E-state index in [0.717, 1.165) is 38.0 Å². The largest absolute Gasteiger partial charge is 0.302 e. The molecule has 106 valence electrons. The van der Waals surface area contributed by atoms with Gasteiger partial charge in [-0.1, -0.05) is 19.1 Å². The number of sulfonamides is 1. The second-order valence-electron chi connectivity index (χ2n) is 5.17. The Balaban J connectivity index is 2.09. The topological polar surface area (TPSA) is 49.4 Å². The number of benzene rings is 1. The quantitative estimate of drug-likeness (QED) is 0.915. The van der Waals surface area contributed by atoms with Crippen LogP contribution in [0.5, 0.6) is 0 Å². The van der Waals surface area contributed by atoms with Gasteiger partial charge in [0.2, 0.25) is 10.0 Å². The molecule has 0 aliphatic carbocycles. The van der Waals surface area contributed by atoms with Gasteiger partial charge in [0.05, 0.1) is 4.90 Å². The fourth-order valence-electron chi connectivity index (χ4n) is 2.51. The second kappa shape index (κ2) is 6.03.